The highest BCUT2D eigenvalue weighted by molar-refractivity contribution is 5.78. The molecule has 0 saturated carbocycles. The Kier molecular flexibility index (Phi) is 2.37. The molecule has 1 aliphatic heterocycles. The molecule has 2 atom stereocenters. The molecule has 0 bridgehead atoms. The minimum Gasteiger partial charge on any atom is -0.481 e. The molecule has 17 heavy (non-hydrogen) atoms. The Labute approximate surface area is 98.2 Å². The maximum Gasteiger partial charge on any atom is 0.308 e. The number of hydrogen-bond donors (Lipinski definition) is 2. The van der Waals surface area contributed by atoms with E-state index in [2.05, 4.69) is 5.32 Å². The van der Waals surface area contributed by atoms with E-state index < -0.39 is 11.9 Å². The van der Waals surface area contributed by atoms with Crippen molar-refractivity contribution >= 4 is 16.9 Å². The number of carboxylic acid groups (broad SMARTS) is 1. The van der Waals surface area contributed by atoms with Crippen LogP contribution in [0.25, 0.3) is 11.0 Å². The van der Waals surface area contributed by atoms with Crippen LogP contribution in [0.3, 0.4) is 0 Å². The number of rotatable bonds is 2. The largest absolute Gasteiger partial charge is 0.481 e. The summed E-state index contributed by atoms with van der Waals surface area (Å²) < 4.78 is 5.73. The van der Waals surface area contributed by atoms with Crippen LogP contribution in [-0.4, -0.2) is 24.2 Å². The van der Waals surface area contributed by atoms with E-state index in [4.69, 9.17) is 9.52 Å². The van der Waals surface area contributed by atoms with Gasteiger partial charge < -0.3 is 14.8 Å². The van der Waals surface area contributed by atoms with Crippen molar-refractivity contribution in [2.75, 3.05) is 13.1 Å². The van der Waals surface area contributed by atoms with Crippen molar-refractivity contribution in [3.8, 4) is 0 Å². The van der Waals surface area contributed by atoms with Crippen molar-refractivity contribution in [2.24, 2.45) is 5.92 Å². The second kappa shape index (κ2) is 3.89. The van der Waals surface area contributed by atoms with Crippen LogP contribution in [0.1, 0.15) is 11.7 Å². The smallest absolute Gasteiger partial charge is 0.308 e. The zero-order chi connectivity index (χ0) is 11.8. The summed E-state index contributed by atoms with van der Waals surface area (Å²) in [7, 11) is 0. The molecule has 0 spiro atoms. The van der Waals surface area contributed by atoms with Gasteiger partial charge in [-0.2, -0.15) is 0 Å². The normalized spacial score (nSPS) is 24.2. The maximum absolute atomic E-state index is 11.1. The molecule has 0 unspecified atom stereocenters. The number of para-hydroxylation sites is 1. The SMILES string of the molecule is O=C(O)[C@H]1CNC[C@@H]1c1cc2ccccc2o1. The third kappa shape index (κ3) is 1.70. The molecular weight excluding hydrogens is 218 g/mol. The molecule has 3 rings (SSSR count). The number of carbonyl (C=O) groups is 1. The molecule has 88 valence electrons. The van der Waals surface area contributed by atoms with Crippen LogP contribution in [0.2, 0.25) is 0 Å². The minimum atomic E-state index is -0.763. The molecule has 1 aromatic heterocycles. The van der Waals surface area contributed by atoms with Crippen molar-refractivity contribution < 1.29 is 14.3 Å². The molecule has 0 amide bonds. The predicted octanol–water partition coefficient (Wildman–Crippen LogP) is 1.82. The molecule has 1 fully saturated rings. The molecule has 4 nitrogen and oxygen atoms in total. The fraction of sp³-hybridized carbons (Fsp3) is 0.308. The quantitative estimate of drug-likeness (QED) is 0.827. The predicted molar refractivity (Wildman–Crippen MR) is 63.0 cm³/mol. The third-order valence-corrected chi connectivity index (χ3v) is 3.34. The lowest BCUT2D eigenvalue weighted by Gasteiger charge is -2.10. The van der Waals surface area contributed by atoms with Crippen LogP contribution in [0.4, 0.5) is 0 Å². The van der Waals surface area contributed by atoms with Crippen LogP contribution in [0.15, 0.2) is 34.7 Å². The van der Waals surface area contributed by atoms with Gasteiger partial charge in [0.2, 0.25) is 0 Å². The van der Waals surface area contributed by atoms with Crippen LogP contribution in [0, 0.1) is 5.92 Å². The fourth-order valence-corrected chi connectivity index (χ4v) is 2.42. The summed E-state index contributed by atoms with van der Waals surface area (Å²) >= 11 is 0. The summed E-state index contributed by atoms with van der Waals surface area (Å²) in [6.45, 7) is 1.17. The average Bonchev–Trinajstić information content (AvgIpc) is 2.95. The van der Waals surface area contributed by atoms with Gasteiger partial charge in [-0.25, -0.2) is 0 Å². The van der Waals surface area contributed by atoms with E-state index in [9.17, 15) is 4.79 Å². The van der Waals surface area contributed by atoms with E-state index in [1.165, 1.54) is 0 Å². The summed E-state index contributed by atoms with van der Waals surface area (Å²) in [6, 6.07) is 9.68. The van der Waals surface area contributed by atoms with E-state index >= 15 is 0 Å². The van der Waals surface area contributed by atoms with Crippen molar-refractivity contribution in [1.29, 1.82) is 0 Å². The Morgan fingerprint density at radius 1 is 1.35 bits per heavy atom. The fourth-order valence-electron chi connectivity index (χ4n) is 2.42. The van der Waals surface area contributed by atoms with E-state index in [0.29, 0.717) is 13.1 Å². The van der Waals surface area contributed by atoms with Crippen molar-refractivity contribution in [3.05, 3.63) is 36.1 Å². The first-order chi connectivity index (χ1) is 8.25. The topological polar surface area (TPSA) is 62.5 Å². The number of benzene rings is 1. The van der Waals surface area contributed by atoms with Gasteiger partial charge in [-0.05, 0) is 12.1 Å². The lowest BCUT2D eigenvalue weighted by Crippen LogP contribution is -2.20. The number of fused-ring (bicyclic) bond motifs is 1. The first-order valence-corrected chi connectivity index (χ1v) is 5.67. The molecule has 1 aliphatic rings. The van der Waals surface area contributed by atoms with E-state index in [1.54, 1.807) is 0 Å². The molecular formula is C13H13NO3. The standard InChI is InChI=1S/C13H13NO3/c15-13(16)10-7-14-6-9(10)12-5-8-3-1-2-4-11(8)17-12/h1-5,9-10,14H,6-7H2,(H,15,16)/t9-,10-/m0/s1. The summed E-state index contributed by atoms with van der Waals surface area (Å²) in [4.78, 5) is 11.1. The van der Waals surface area contributed by atoms with Gasteiger partial charge in [-0.3, -0.25) is 4.79 Å². The highest BCUT2D eigenvalue weighted by Gasteiger charge is 2.35. The number of carboxylic acids is 1. The van der Waals surface area contributed by atoms with Gasteiger partial charge in [-0.15, -0.1) is 0 Å². The summed E-state index contributed by atoms with van der Waals surface area (Å²) in [5.74, 6) is -0.459. The Balaban J connectivity index is 2.00. The van der Waals surface area contributed by atoms with E-state index in [1.807, 2.05) is 30.3 Å². The Hall–Kier alpha value is -1.81. The average molecular weight is 231 g/mol. The molecule has 2 N–H and O–H groups in total. The van der Waals surface area contributed by atoms with E-state index in [-0.39, 0.29) is 5.92 Å². The highest BCUT2D eigenvalue weighted by Crippen LogP contribution is 2.32. The van der Waals surface area contributed by atoms with Crippen LogP contribution in [0.5, 0.6) is 0 Å². The Morgan fingerprint density at radius 3 is 2.94 bits per heavy atom. The molecule has 2 aromatic rings. The van der Waals surface area contributed by atoms with Crippen LogP contribution >= 0.6 is 0 Å². The molecule has 1 aromatic carbocycles. The number of aliphatic carboxylic acids is 1. The minimum absolute atomic E-state index is 0.0695. The van der Waals surface area contributed by atoms with Crippen molar-refractivity contribution in [2.45, 2.75) is 5.92 Å². The summed E-state index contributed by atoms with van der Waals surface area (Å²) in [6.07, 6.45) is 0. The van der Waals surface area contributed by atoms with Gasteiger partial charge in [0.05, 0.1) is 5.92 Å². The first-order valence-electron chi connectivity index (χ1n) is 5.67. The van der Waals surface area contributed by atoms with Gasteiger partial charge in [0.1, 0.15) is 11.3 Å². The highest BCUT2D eigenvalue weighted by atomic mass is 16.4. The number of nitrogens with one attached hydrogen (secondary N) is 1. The van der Waals surface area contributed by atoms with E-state index in [0.717, 1.165) is 16.7 Å². The van der Waals surface area contributed by atoms with Gasteiger partial charge in [-0.1, -0.05) is 18.2 Å². The second-order valence-corrected chi connectivity index (χ2v) is 4.40. The molecule has 4 heteroatoms. The number of hydrogen-bond acceptors (Lipinski definition) is 3. The Morgan fingerprint density at radius 2 is 2.18 bits per heavy atom. The first kappa shape index (κ1) is 10.4. The van der Waals surface area contributed by atoms with Crippen molar-refractivity contribution in [3.63, 3.8) is 0 Å². The molecule has 0 radical (unpaired) electrons. The zero-order valence-electron chi connectivity index (χ0n) is 9.22. The van der Waals surface area contributed by atoms with Gasteiger partial charge in [0, 0.05) is 24.4 Å². The van der Waals surface area contributed by atoms with Gasteiger partial charge >= 0.3 is 5.97 Å². The van der Waals surface area contributed by atoms with Gasteiger partial charge in [0.25, 0.3) is 0 Å². The summed E-state index contributed by atoms with van der Waals surface area (Å²) in [5.41, 5.74) is 0.818. The van der Waals surface area contributed by atoms with Gasteiger partial charge in [0.15, 0.2) is 0 Å². The Bertz CT molecular complexity index is 528. The van der Waals surface area contributed by atoms with Crippen molar-refractivity contribution in [1.82, 2.24) is 5.32 Å². The zero-order valence-corrected chi connectivity index (χ0v) is 9.22. The molecule has 1 saturated heterocycles. The van der Waals surface area contributed by atoms with Crippen LogP contribution in [-0.2, 0) is 4.79 Å². The monoisotopic (exact) mass is 231 g/mol. The summed E-state index contributed by atoms with van der Waals surface area (Å²) in [5, 5.41) is 13.3. The maximum atomic E-state index is 11.1. The lowest BCUT2D eigenvalue weighted by atomic mass is 9.94. The number of furan rings is 1. The third-order valence-electron chi connectivity index (χ3n) is 3.34. The molecule has 0 aliphatic carbocycles. The molecule has 2 heterocycles. The van der Waals surface area contributed by atoms with Crippen LogP contribution < -0.4 is 5.32 Å². The second-order valence-electron chi connectivity index (χ2n) is 4.40. The lowest BCUT2D eigenvalue weighted by molar-refractivity contribution is -0.141.